The summed E-state index contributed by atoms with van der Waals surface area (Å²) in [6, 6.07) is 8.62. The number of fused-ring (bicyclic) bond motifs is 1. The molecule has 4 atom stereocenters. The Kier molecular flexibility index (Phi) is 5.15. The van der Waals surface area contributed by atoms with Gasteiger partial charge in [0.15, 0.2) is 11.6 Å². The number of carbonyl (C=O) groups is 1. The van der Waals surface area contributed by atoms with Crippen molar-refractivity contribution in [3.63, 3.8) is 0 Å². The number of nitrogens with zero attached hydrogens (tertiary/aromatic N) is 2. The Morgan fingerprint density at radius 1 is 1.23 bits per heavy atom. The Labute approximate surface area is 180 Å². The molecule has 3 heterocycles. The van der Waals surface area contributed by atoms with Gasteiger partial charge in [-0.25, -0.2) is 14.8 Å². The molecule has 3 aliphatic rings. The van der Waals surface area contributed by atoms with E-state index in [1.165, 1.54) is 36.6 Å². The van der Waals surface area contributed by atoms with E-state index in [2.05, 4.69) is 32.4 Å². The molecule has 164 valence electrons. The van der Waals surface area contributed by atoms with E-state index in [-0.39, 0.29) is 35.9 Å². The summed E-state index contributed by atoms with van der Waals surface area (Å²) in [6.07, 6.45) is 4.62. The lowest BCUT2D eigenvalue weighted by Gasteiger charge is -2.39. The van der Waals surface area contributed by atoms with E-state index in [0.717, 1.165) is 5.82 Å². The molecule has 0 spiro atoms. The van der Waals surface area contributed by atoms with Crippen LogP contribution >= 0.6 is 0 Å². The summed E-state index contributed by atoms with van der Waals surface area (Å²) in [6.45, 7) is 0. The van der Waals surface area contributed by atoms with Gasteiger partial charge in [0.05, 0.1) is 31.0 Å². The van der Waals surface area contributed by atoms with Crippen molar-refractivity contribution in [2.24, 2.45) is 5.92 Å². The molecule has 2 saturated heterocycles. The Balaban J connectivity index is 1.36. The van der Waals surface area contributed by atoms with Gasteiger partial charge in [0.25, 0.3) is 0 Å². The Hall–Kier alpha value is -2.91. The predicted octanol–water partition coefficient (Wildman–Crippen LogP) is 2.24. The fraction of sp³-hybridized carbons (Fsp3) is 0.455. The minimum atomic E-state index is -0.444. The molecule has 4 unspecified atom stereocenters. The number of pyridine rings is 1. The van der Waals surface area contributed by atoms with Gasteiger partial charge >= 0.3 is 0 Å². The number of anilines is 2. The summed E-state index contributed by atoms with van der Waals surface area (Å²) in [5, 5.41) is 11.8. The molecule has 31 heavy (non-hydrogen) atoms. The largest absolute Gasteiger partial charge is 0.492 e. The highest BCUT2D eigenvalue weighted by Gasteiger charge is 2.48. The summed E-state index contributed by atoms with van der Waals surface area (Å²) in [5.74, 6) is 0.776. The van der Waals surface area contributed by atoms with E-state index < -0.39 is 5.82 Å². The number of ether oxygens (including phenoxy) is 1. The van der Waals surface area contributed by atoms with Crippen LogP contribution < -0.4 is 26.1 Å². The van der Waals surface area contributed by atoms with Gasteiger partial charge in [0, 0.05) is 25.7 Å². The van der Waals surface area contributed by atoms with E-state index in [1.54, 1.807) is 19.2 Å². The summed E-state index contributed by atoms with van der Waals surface area (Å²) < 4.78 is 19.4. The third-order valence-corrected chi connectivity index (χ3v) is 6.28. The van der Waals surface area contributed by atoms with Crippen molar-refractivity contribution >= 4 is 17.4 Å². The topological polar surface area (TPSA) is 90.5 Å². The standard InChI is InChI=1S/C22H27FN6O2/c1-29-22(30)19-16(25-15-5-3-4-14(23)20(15)31-2)10-18(27-21(19)28-29)26-17-9-8-13(11-24-17)12-6-7-12/h3-5,8-9,11-12,16,18-19,21,25,27-28H,6-7,10H2,1-2H3,(H,24,26). The summed E-state index contributed by atoms with van der Waals surface area (Å²) in [5.41, 5.74) is 4.99. The maximum Gasteiger partial charge on any atom is 0.244 e. The smallest absolute Gasteiger partial charge is 0.244 e. The quantitative estimate of drug-likeness (QED) is 0.563. The summed E-state index contributed by atoms with van der Waals surface area (Å²) >= 11 is 0. The van der Waals surface area contributed by atoms with Crippen molar-refractivity contribution in [2.75, 3.05) is 24.8 Å². The van der Waals surface area contributed by atoms with Crippen molar-refractivity contribution < 1.29 is 13.9 Å². The van der Waals surface area contributed by atoms with Crippen LogP contribution in [-0.2, 0) is 4.79 Å². The number of nitrogens with one attached hydrogen (secondary N) is 4. The first-order valence-electron chi connectivity index (χ1n) is 10.6. The average Bonchev–Trinajstić information content (AvgIpc) is 3.55. The highest BCUT2D eigenvalue weighted by atomic mass is 19.1. The number of hydrogen-bond donors (Lipinski definition) is 4. The fourth-order valence-corrected chi connectivity index (χ4v) is 4.56. The number of aromatic nitrogens is 1. The van der Waals surface area contributed by atoms with Gasteiger partial charge in [-0.2, -0.15) is 0 Å². The molecule has 0 bridgehead atoms. The maximum absolute atomic E-state index is 14.2. The van der Waals surface area contributed by atoms with Crippen LogP contribution in [0, 0.1) is 11.7 Å². The second kappa shape index (κ2) is 7.97. The van der Waals surface area contributed by atoms with Crippen LogP contribution in [0.2, 0.25) is 0 Å². The van der Waals surface area contributed by atoms with Crippen LogP contribution in [0.3, 0.4) is 0 Å². The van der Waals surface area contributed by atoms with Gasteiger partial charge < -0.3 is 15.4 Å². The fourth-order valence-electron chi connectivity index (χ4n) is 4.56. The first-order valence-corrected chi connectivity index (χ1v) is 10.6. The molecule has 8 nitrogen and oxygen atoms in total. The first kappa shape index (κ1) is 20.0. The number of halogens is 1. The van der Waals surface area contributed by atoms with Crippen molar-refractivity contribution in [1.29, 1.82) is 0 Å². The number of rotatable bonds is 6. The lowest BCUT2D eigenvalue weighted by molar-refractivity contribution is -0.131. The molecule has 0 radical (unpaired) electrons. The lowest BCUT2D eigenvalue weighted by atomic mass is 9.88. The molecule has 1 amide bonds. The average molecular weight is 426 g/mol. The molecule has 4 N–H and O–H groups in total. The number of para-hydroxylation sites is 1. The molecule has 2 aliphatic heterocycles. The molecule has 2 aromatic rings. The summed E-state index contributed by atoms with van der Waals surface area (Å²) in [7, 11) is 3.15. The van der Waals surface area contributed by atoms with Crippen molar-refractivity contribution in [3.05, 3.63) is 47.9 Å². The minimum absolute atomic E-state index is 0.0178. The van der Waals surface area contributed by atoms with Gasteiger partial charge in [-0.1, -0.05) is 12.1 Å². The van der Waals surface area contributed by atoms with Crippen molar-refractivity contribution in [2.45, 2.75) is 43.6 Å². The molecule has 1 aliphatic carbocycles. The van der Waals surface area contributed by atoms with Crippen LogP contribution in [0.1, 0.15) is 30.7 Å². The van der Waals surface area contributed by atoms with Gasteiger partial charge in [0.1, 0.15) is 5.82 Å². The number of hydrogen-bond acceptors (Lipinski definition) is 7. The van der Waals surface area contributed by atoms with E-state index in [4.69, 9.17) is 4.74 Å². The number of amides is 1. The third-order valence-electron chi connectivity index (χ3n) is 6.28. The van der Waals surface area contributed by atoms with E-state index in [1.807, 2.05) is 12.3 Å². The molecule has 5 rings (SSSR count). The van der Waals surface area contributed by atoms with E-state index in [0.29, 0.717) is 18.0 Å². The van der Waals surface area contributed by atoms with Crippen LogP contribution in [0.15, 0.2) is 36.5 Å². The van der Waals surface area contributed by atoms with E-state index >= 15 is 0 Å². The van der Waals surface area contributed by atoms with Crippen molar-refractivity contribution in [3.8, 4) is 5.75 Å². The zero-order chi connectivity index (χ0) is 21.5. The van der Waals surface area contributed by atoms with Crippen LogP contribution in [0.25, 0.3) is 0 Å². The number of piperidine rings is 1. The van der Waals surface area contributed by atoms with Gasteiger partial charge in [-0.3, -0.25) is 15.1 Å². The zero-order valence-electron chi connectivity index (χ0n) is 17.6. The van der Waals surface area contributed by atoms with Crippen LogP contribution in [0.5, 0.6) is 5.75 Å². The predicted molar refractivity (Wildman–Crippen MR) is 115 cm³/mol. The molecule has 1 aromatic carbocycles. The second-order valence-corrected chi connectivity index (χ2v) is 8.45. The molecule has 1 aromatic heterocycles. The van der Waals surface area contributed by atoms with Gasteiger partial charge in [-0.15, -0.1) is 0 Å². The number of benzene rings is 1. The minimum Gasteiger partial charge on any atom is -0.492 e. The molecule has 9 heteroatoms. The van der Waals surface area contributed by atoms with Crippen molar-refractivity contribution in [1.82, 2.24) is 20.7 Å². The van der Waals surface area contributed by atoms with Gasteiger partial charge in [0.2, 0.25) is 5.91 Å². The van der Waals surface area contributed by atoms with Gasteiger partial charge in [-0.05, 0) is 42.5 Å². The number of hydrazine groups is 1. The number of methoxy groups -OCH3 is 1. The molecule has 3 fully saturated rings. The second-order valence-electron chi connectivity index (χ2n) is 8.45. The maximum atomic E-state index is 14.2. The Bertz CT molecular complexity index is 967. The first-order chi connectivity index (χ1) is 15.0. The third kappa shape index (κ3) is 3.90. The monoisotopic (exact) mass is 426 g/mol. The molecular weight excluding hydrogens is 399 g/mol. The SMILES string of the molecule is COc1c(F)cccc1NC1CC(Nc2ccc(C3CC3)cn2)NC2NN(C)C(=O)C12. The van der Waals surface area contributed by atoms with Crippen LogP contribution in [-0.4, -0.2) is 48.4 Å². The zero-order valence-corrected chi connectivity index (χ0v) is 17.6. The normalized spacial score (nSPS) is 27.7. The molecule has 1 saturated carbocycles. The van der Waals surface area contributed by atoms with Crippen LogP contribution in [0.4, 0.5) is 15.9 Å². The highest BCUT2D eigenvalue weighted by Crippen LogP contribution is 2.40. The Morgan fingerprint density at radius 2 is 2.06 bits per heavy atom. The Morgan fingerprint density at radius 3 is 2.77 bits per heavy atom. The summed E-state index contributed by atoms with van der Waals surface area (Å²) in [4.78, 5) is 17.3. The lowest BCUT2D eigenvalue weighted by Crippen LogP contribution is -2.60. The van der Waals surface area contributed by atoms with E-state index in [9.17, 15) is 9.18 Å². The molecular formula is C22H27FN6O2. The highest BCUT2D eigenvalue weighted by molar-refractivity contribution is 5.82. The number of carbonyl (C=O) groups excluding carboxylic acids is 1.